The Kier molecular flexibility index (Phi) is 7.33. The lowest BCUT2D eigenvalue weighted by atomic mass is 10.3. The van der Waals surface area contributed by atoms with Crippen LogP contribution in [-0.2, 0) is 0 Å². The number of hydrogen-bond acceptors (Lipinski definition) is 3. The summed E-state index contributed by atoms with van der Waals surface area (Å²) in [5, 5.41) is 8.87. The zero-order valence-electron chi connectivity index (χ0n) is 10.8. The Morgan fingerprint density at radius 1 is 1.18 bits per heavy atom. The van der Waals surface area contributed by atoms with E-state index in [-0.39, 0.29) is 6.61 Å². The fraction of sp³-hybridized carbons (Fsp3) is 0.571. The van der Waals surface area contributed by atoms with Crippen LogP contribution >= 0.6 is 11.8 Å². The van der Waals surface area contributed by atoms with Crippen LogP contribution in [0, 0.1) is 0 Å². The first-order valence-corrected chi connectivity index (χ1v) is 7.25. The van der Waals surface area contributed by atoms with Gasteiger partial charge in [0.1, 0.15) is 0 Å². The second-order valence-electron chi connectivity index (χ2n) is 4.37. The maximum atomic E-state index is 8.87. The topological polar surface area (TPSA) is 23.5 Å². The number of hydrogen-bond donors (Lipinski definition) is 1. The van der Waals surface area contributed by atoms with Crippen molar-refractivity contribution in [1.29, 1.82) is 0 Å². The average Bonchev–Trinajstić information content (AvgIpc) is 2.34. The smallest absolute Gasteiger partial charge is 0.0443 e. The van der Waals surface area contributed by atoms with Crippen molar-refractivity contribution >= 4 is 11.8 Å². The van der Waals surface area contributed by atoms with Gasteiger partial charge in [-0.05, 0) is 32.4 Å². The van der Waals surface area contributed by atoms with Gasteiger partial charge in [0.2, 0.25) is 0 Å². The zero-order chi connectivity index (χ0) is 12.5. The van der Waals surface area contributed by atoms with Crippen molar-refractivity contribution in [2.45, 2.75) is 31.2 Å². The Morgan fingerprint density at radius 2 is 1.88 bits per heavy atom. The van der Waals surface area contributed by atoms with Gasteiger partial charge in [-0.25, -0.2) is 0 Å². The number of thioether (sulfide) groups is 1. The van der Waals surface area contributed by atoms with E-state index in [2.05, 4.69) is 43.0 Å². The largest absolute Gasteiger partial charge is 0.396 e. The first-order valence-electron chi connectivity index (χ1n) is 6.27. The van der Waals surface area contributed by atoms with Crippen LogP contribution in [0.15, 0.2) is 35.2 Å². The maximum absolute atomic E-state index is 8.87. The van der Waals surface area contributed by atoms with Crippen molar-refractivity contribution in [3.05, 3.63) is 30.3 Å². The second-order valence-corrected chi connectivity index (χ2v) is 5.54. The van der Waals surface area contributed by atoms with Crippen LogP contribution in [0.4, 0.5) is 0 Å². The molecule has 0 aromatic heterocycles. The molecule has 0 amide bonds. The highest BCUT2D eigenvalue weighted by atomic mass is 32.2. The molecular weight excluding hydrogens is 230 g/mol. The van der Waals surface area contributed by atoms with Gasteiger partial charge < -0.3 is 10.0 Å². The Morgan fingerprint density at radius 3 is 2.47 bits per heavy atom. The lowest BCUT2D eigenvalue weighted by molar-refractivity contribution is 0.201. The molecule has 1 rings (SSSR count). The highest BCUT2D eigenvalue weighted by molar-refractivity contribution is 7.99. The monoisotopic (exact) mass is 253 g/mol. The molecule has 3 heteroatoms. The Balaban J connectivity index is 2.27. The molecule has 0 atom stereocenters. The first-order chi connectivity index (χ1) is 8.24. The molecule has 0 aliphatic heterocycles. The van der Waals surface area contributed by atoms with E-state index in [0.29, 0.717) is 6.04 Å². The van der Waals surface area contributed by atoms with Gasteiger partial charge in [-0.2, -0.15) is 0 Å². The van der Waals surface area contributed by atoms with Crippen LogP contribution in [0.2, 0.25) is 0 Å². The molecule has 2 nitrogen and oxygen atoms in total. The fourth-order valence-corrected chi connectivity index (χ4v) is 2.61. The highest BCUT2D eigenvalue weighted by Gasteiger charge is 2.08. The standard InChI is InChI=1S/C14H23NOS/c1-13(2)15(9-6-11-16)10-12-17-14-7-4-3-5-8-14/h3-5,7-8,13,16H,6,9-12H2,1-2H3. The van der Waals surface area contributed by atoms with Crippen molar-refractivity contribution in [2.75, 3.05) is 25.4 Å². The van der Waals surface area contributed by atoms with E-state index in [1.165, 1.54) is 4.90 Å². The van der Waals surface area contributed by atoms with E-state index in [1.807, 2.05) is 17.8 Å². The second kappa shape index (κ2) is 8.56. The predicted octanol–water partition coefficient (Wildman–Crippen LogP) is 2.87. The van der Waals surface area contributed by atoms with Crippen molar-refractivity contribution in [1.82, 2.24) is 4.90 Å². The van der Waals surface area contributed by atoms with E-state index in [4.69, 9.17) is 5.11 Å². The van der Waals surface area contributed by atoms with E-state index in [9.17, 15) is 0 Å². The van der Waals surface area contributed by atoms with Crippen molar-refractivity contribution in [2.24, 2.45) is 0 Å². The maximum Gasteiger partial charge on any atom is 0.0443 e. The summed E-state index contributed by atoms with van der Waals surface area (Å²) in [5.41, 5.74) is 0. The number of aliphatic hydroxyl groups excluding tert-OH is 1. The molecule has 96 valence electrons. The van der Waals surface area contributed by atoms with Gasteiger partial charge in [-0.15, -0.1) is 11.8 Å². The minimum Gasteiger partial charge on any atom is -0.396 e. The van der Waals surface area contributed by atoms with E-state index >= 15 is 0 Å². The Labute approximate surface area is 109 Å². The van der Waals surface area contributed by atoms with Gasteiger partial charge in [-0.3, -0.25) is 0 Å². The Bertz CT molecular complexity index is 290. The lowest BCUT2D eigenvalue weighted by Crippen LogP contribution is -2.34. The van der Waals surface area contributed by atoms with Crippen molar-refractivity contribution in [3.63, 3.8) is 0 Å². The van der Waals surface area contributed by atoms with Gasteiger partial charge in [0.05, 0.1) is 0 Å². The predicted molar refractivity (Wildman–Crippen MR) is 75.6 cm³/mol. The normalized spacial score (nSPS) is 11.4. The molecule has 0 spiro atoms. The lowest BCUT2D eigenvalue weighted by Gasteiger charge is -2.25. The zero-order valence-corrected chi connectivity index (χ0v) is 11.6. The minimum atomic E-state index is 0.287. The molecule has 0 saturated heterocycles. The number of rotatable bonds is 8. The van der Waals surface area contributed by atoms with Crippen molar-refractivity contribution in [3.8, 4) is 0 Å². The molecule has 1 aromatic carbocycles. The van der Waals surface area contributed by atoms with Crippen LogP contribution in [-0.4, -0.2) is 41.5 Å². The van der Waals surface area contributed by atoms with Crippen LogP contribution in [0.25, 0.3) is 0 Å². The molecule has 1 N–H and O–H groups in total. The van der Waals surface area contributed by atoms with Crippen LogP contribution in [0.5, 0.6) is 0 Å². The molecule has 0 fully saturated rings. The summed E-state index contributed by atoms with van der Waals surface area (Å²) in [5.74, 6) is 1.10. The van der Waals surface area contributed by atoms with Crippen LogP contribution < -0.4 is 0 Å². The van der Waals surface area contributed by atoms with Gasteiger partial charge in [0.15, 0.2) is 0 Å². The quantitative estimate of drug-likeness (QED) is 0.721. The summed E-state index contributed by atoms with van der Waals surface area (Å²) in [6, 6.07) is 11.1. The van der Waals surface area contributed by atoms with E-state index < -0.39 is 0 Å². The highest BCUT2D eigenvalue weighted by Crippen LogP contribution is 2.17. The molecule has 0 unspecified atom stereocenters. The third-order valence-electron chi connectivity index (χ3n) is 2.72. The molecule has 0 bridgehead atoms. The fourth-order valence-electron chi connectivity index (χ4n) is 1.70. The summed E-state index contributed by atoms with van der Waals surface area (Å²) in [4.78, 5) is 3.75. The molecule has 0 aliphatic carbocycles. The summed E-state index contributed by atoms with van der Waals surface area (Å²) in [6.45, 7) is 6.78. The third kappa shape index (κ3) is 6.10. The summed E-state index contributed by atoms with van der Waals surface area (Å²) in [7, 11) is 0. The SMILES string of the molecule is CC(C)N(CCCO)CCSc1ccccc1. The molecule has 0 aliphatic rings. The molecule has 0 heterocycles. The van der Waals surface area contributed by atoms with Gasteiger partial charge in [-0.1, -0.05) is 18.2 Å². The van der Waals surface area contributed by atoms with E-state index in [1.54, 1.807) is 0 Å². The molecular formula is C14H23NOS. The number of nitrogens with zero attached hydrogens (tertiary/aromatic N) is 1. The molecule has 1 aromatic rings. The van der Waals surface area contributed by atoms with Gasteiger partial charge >= 0.3 is 0 Å². The Hall–Kier alpha value is -0.510. The molecule has 17 heavy (non-hydrogen) atoms. The van der Waals surface area contributed by atoms with Crippen molar-refractivity contribution < 1.29 is 5.11 Å². The van der Waals surface area contributed by atoms with Gasteiger partial charge in [0, 0.05) is 36.4 Å². The third-order valence-corrected chi connectivity index (χ3v) is 3.72. The van der Waals surface area contributed by atoms with E-state index in [0.717, 1.165) is 25.3 Å². The molecule has 0 saturated carbocycles. The summed E-state index contributed by atoms with van der Waals surface area (Å²) < 4.78 is 0. The first kappa shape index (κ1) is 14.6. The number of aliphatic hydroxyl groups is 1. The molecule has 0 radical (unpaired) electrons. The van der Waals surface area contributed by atoms with Crippen LogP contribution in [0.3, 0.4) is 0 Å². The number of benzene rings is 1. The minimum absolute atomic E-state index is 0.287. The van der Waals surface area contributed by atoms with Crippen LogP contribution in [0.1, 0.15) is 20.3 Å². The average molecular weight is 253 g/mol. The summed E-state index contributed by atoms with van der Waals surface area (Å²) >= 11 is 1.90. The summed E-state index contributed by atoms with van der Waals surface area (Å²) in [6.07, 6.45) is 0.869. The van der Waals surface area contributed by atoms with Gasteiger partial charge in [0.25, 0.3) is 0 Å².